The largest absolute Gasteiger partial charge is 0.335 e. The molecule has 0 unspecified atom stereocenters. The number of carbonyl (C=O) groups excluding carboxylic acids is 3. The molecule has 0 atom stereocenters. The summed E-state index contributed by atoms with van der Waals surface area (Å²) in [4.78, 5) is 40.5. The minimum absolute atomic E-state index is 0.134. The van der Waals surface area contributed by atoms with Gasteiger partial charge in [0.25, 0.3) is 0 Å². The van der Waals surface area contributed by atoms with Crippen molar-refractivity contribution in [3.05, 3.63) is 35.9 Å². The third kappa shape index (κ3) is 3.76. The maximum absolute atomic E-state index is 12.3. The molecule has 6 nitrogen and oxygen atoms in total. The molecule has 6 heteroatoms. The van der Waals surface area contributed by atoms with E-state index in [-0.39, 0.29) is 12.7 Å². The van der Waals surface area contributed by atoms with Gasteiger partial charge in [-0.3, -0.25) is 19.4 Å². The lowest BCUT2D eigenvalue weighted by Crippen LogP contribution is -2.43. The highest BCUT2D eigenvalue weighted by Gasteiger charge is 2.46. The Morgan fingerprint density at radius 1 is 1.04 bits per heavy atom. The van der Waals surface area contributed by atoms with Crippen LogP contribution in [0.25, 0.3) is 0 Å². The van der Waals surface area contributed by atoms with Crippen molar-refractivity contribution in [1.29, 1.82) is 0 Å². The lowest BCUT2D eigenvalue weighted by Gasteiger charge is -2.26. The second kappa shape index (κ2) is 7.37. The molecule has 0 bridgehead atoms. The zero-order valence-electron chi connectivity index (χ0n) is 13.9. The smallest absolute Gasteiger partial charge is 0.281 e. The number of imide groups is 2. The van der Waals surface area contributed by atoms with Crippen LogP contribution < -0.4 is 0 Å². The molecule has 1 saturated heterocycles. The van der Waals surface area contributed by atoms with Crippen LogP contribution in [0.1, 0.15) is 32.8 Å². The monoisotopic (exact) mass is 317 g/mol. The number of nitrogens with zero attached hydrogens (tertiary/aromatic N) is 3. The summed E-state index contributed by atoms with van der Waals surface area (Å²) in [6.45, 7) is 6.98. The predicted molar refractivity (Wildman–Crippen MR) is 86.2 cm³/mol. The molecule has 0 saturated carbocycles. The number of urea groups is 1. The van der Waals surface area contributed by atoms with Crippen LogP contribution in [0.4, 0.5) is 4.79 Å². The zero-order valence-corrected chi connectivity index (χ0v) is 13.9. The van der Waals surface area contributed by atoms with E-state index in [4.69, 9.17) is 0 Å². The molecule has 124 valence electrons. The summed E-state index contributed by atoms with van der Waals surface area (Å²) in [5, 5.41) is 0. The molecule has 0 N–H and O–H groups in total. The fourth-order valence-electron chi connectivity index (χ4n) is 2.66. The van der Waals surface area contributed by atoms with Crippen LogP contribution in [0.15, 0.2) is 30.3 Å². The lowest BCUT2D eigenvalue weighted by atomic mass is 10.2. The van der Waals surface area contributed by atoms with Crippen molar-refractivity contribution in [2.45, 2.75) is 39.8 Å². The third-order valence-electron chi connectivity index (χ3n) is 3.73. The highest BCUT2D eigenvalue weighted by Crippen LogP contribution is 2.17. The lowest BCUT2D eigenvalue weighted by molar-refractivity contribution is -0.144. The number of hydrogen-bond acceptors (Lipinski definition) is 4. The fraction of sp³-hybridized carbons (Fsp3) is 0.471. The summed E-state index contributed by atoms with van der Waals surface area (Å²) in [5.74, 6) is -1.47. The van der Waals surface area contributed by atoms with Crippen molar-refractivity contribution in [2.75, 3.05) is 13.2 Å². The van der Waals surface area contributed by atoms with Crippen LogP contribution in [0, 0.1) is 0 Å². The summed E-state index contributed by atoms with van der Waals surface area (Å²) in [6.07, 6.45) is 0.894. The molecule has 0 spiro atoms. The Kier molecular flexibility index (Phi) is 5.50. The van der Waals surface area contributed by atoms with E-state index in [0.29, 0.717) is 6.54 Å². The third-order valence-corrected chi connectivity index (χ3v) is 3.73. The Labute approximate surface area is 136 Å². The quantitative estimate of drug-likeness (QED) is 0.570. The van der Waals surface area contributed by atoms with Crippen LogP contribution in [0.3, 0.4) is 0 Å². The van der Waals surface area contributed by atoms with Crippen molar-refractivity contribution >= 4 is 17.8 Å². The Morgan fingerprint density at radius 2 is 1.70 bits per heavy atom. The summed E-state index contributed by atoms with van der Waals surface area (Å²) >= 11 is 0. The van der Waals surface area contributed by atoms with Gasteiger partial charge in [-0.2, -0.15) is 0 Å². The molecular formula is C17H23N3O3. The summed E-state index contributed by atoms with van der Waals surface area (Å²) < 4.78 is 0. The Morgan fingerprint density at radius 3 is 2.22 bits per heavy atom. The molecule has 1 fully saturated rings. The van der Waals surface area contributed by atoms with E-state index in [2.05, 4.69) is 0 Å². The van der Waals surface area contributed by atoms with Crippen molar-refractivity contribution in [3.8, 4) is 0 Å². The van der Waals surface area contributed by atoms with Crippen molar-refractivity contribution in [2.24, 2.45) is 0 Å². The van der Waals surface area contributed by atoms with Crippen LogP contribution in [0.5, 0.6) is 0 Å². The summed E-state index contributed by atoms with van der Waals surface area (Å²) in [7, 11) is 0. The average Bonchev–Trinajstić information content (AvgIpc) is 2.72. The van der Waals surface area contributed by atoms with Gasteiger partial charge in [0.05, 0.1) is 6.67 Å². The standard InChI is InChI=1S/C17H23N3O3/c1-4-10-18(11-14-8-6-5-7-9-14)12-19-15(21)16(22)20(13(2)3)17(19)23/h5-9,13H,4,10-12H2,1-3H3. The molecule has 2 rings (SSSR count). The Balaban J connectivity index is 2.12. The molecule has 0 radical (unpaired) electrons. The molecule has 1 aromatic rings. The van der Waals surface area contributed by atoms with E-state index in [1.54, 1.807) is 13.8 Å². The Hall–Kier alpha value is -2.21. The van der Waals surface area contributed by atoms with Crippen molar-refractivity contribution in [3.63, 3.8) is 0 Å². The fourth-order valence-corrected chi connectivity index (χ4v) is 2.66. The van der Waals surface area contributed by atoms with E-state index in [1.165, 1.54) is 0 Å². The van der Waals surface area contributed by atoms with Gasteiger partial charge in [-0.05, 0) is 32.4 Å². The minimum atomic E-state index is -0.738. The molecular weight excluding hydrogens is 294 g/mol. The first-order valence-electron chi connectivity index (χ1n) is 7.91. The molecule has 1 heterocycles. The first kappa shape index (κ1) is 17.1. The van der Waals surface area contributed by atoms with Crippen molar-refractivity contribution in [1.82, 2.24) is 14.7 Å². The van der Waals surface area contributed by atoms with Crippen LogP contribution in [-0.4, -0.2) is 51.8 Å². The van der Waals surface area contributed by atoms with Gasteiger partial charge in [-0.25, -0.2) is 9.69 Å². The second-order valence-electron chi connectivity index (χ2n) is 5.96. The van der Waals surface area contributed by atoms with Gasteiger partial charge < -0.3 is 0 Å². The van der Waals surface area contributed by atoms with Gasteiger partial charge in [0, 0.05) is 12.6 Å². The van der Waals surface area contributed by atoms with E-state index >= 15 is 0 Å². The van der Waals surface area contributed by atoms with E-state index in [9.17, 15) is 14.4 Å². The molecule has 1 aliphatic rings. The highest BCUT2D eigenvalue weighted by atomic mass is 16.2. The molecule has 0 aromatic heterocycles. The van der Waals surface area contributed by atoms with Gasteiger partial charge in [0.1, 0.15) is 0 Å². The summed E-state index contributed by atoms with van der Waals surface area (Å²) in [6, 6.07) is 9.01. The highest BCUT2D eigenvalue weighted by molar-refractivity contribution is 6.44. The van der Waals surface area contributed by atoms with E-state index in [1.807, 2.05) is 42.2 Å². The predicted octanol–water partition coefficient (Wildman–Crippen LogP) is 2.06. The molecule has 1 aliphatic heterocycles. The maximum Gasteiger partial charge on any atom is 0.335 e. The Bertz CT molecular complexity index is 586. The molecule has 4 amide bonds. The van der Waals surface area contributed by atoms with Gasteiger partial charge in [-0.15, -0.1) is 0 Å². The SMILES string of the molecule is CCCN(Cc1ccccc1)CN1C(=O)C(=O)N(C(C)C)C1=O. The normalized spacial score (nSPS) is 15.4. The molecule has 23 heavy (non-hydrogen) atoms. The van der Waals surface area contributed by atoms with Crippen LogP contribution >= 0.6 is 0 Å². The van der Waals surface area contributed by atoms with Gasteiger partial charge in [0.15, 0.2) is 0 Å². The average molecular weight is 317 g/mol. The zero-order chi connectivity index (χ0) is 17.0. The maximum atomic E-state index is 12.3. The number of rotatable bonds is 7. The van der Waals surface area contributed by atoms with E-state index < -0.39 is 17.8 Å². The first-order valence-corrected chi connectivity index (χ1v) is 7.91. The van der Waals surface area contributed by atoms with Crippen LogP contribution in [0.2, 0.25) is 0 Å². The number of amides is 4. The van der Waals surface area contributed by atoms with Crippen molar-refractivity contribution < 1.29 is 14.4 Å². The number of benzene rings is 1. The van der Waals surface area contributed by atoms with Gasteiger partial charge >= 0.3 is 17.8 Å². The first-order chi connectivity index (χ1) is 11.0. The minimum Gasteiger partial charge on any atom is -0.281 e. The van der Waals surface area contributed by atoms with Gasteiger partial charge in [0.2, 0.25) is 0 Å². The number of carbonyl (C=O) groups is 3. The second-order valence-corrected chi connectivity index (χ2v) is 5.96. The molecule has 0 aliphatic carbocycles. The van der Waals surface area contributed by atoms with Gasteiger partial charge in [-0.1, -0.05) is 37.3 Å². The summed E-state index contributed by atoms with van der Waals surface area (Å²) in [5.41, 5.74) is 1.10. The van der Waals surface area contributed by atoms with E-state index in [0.717, 1.165) is 28.3 Å². The topological polar surface area (TPSA) is 60.9 Å². The number of hydrogen-bond donors (Lipinski definition) is 0. The molecule has 1 aromatic carbocycles. The van der Waals surface area contributed by atoms with Crippen LogP contribution in [-0.2, 0) is 16.1 Å².